The minimum atomic E-state index is -1.86. The molecule has 2 aromatic carbocycles. The van der Waals surface area contributed by atoms with Crippen LogP contribution in [0.5, 0.6) is 5.75 Å². The van der Waals surface area contributed by atoms with Crippen molar-refractivity contribution < 1.29 is 27.8 Å². The van der Waals surface area contributed by atoms with Gasteiger partial charge in [-0.1, -0.05) is 56.9 Å². The van der Waals surface area contributed by atoms with E-state index in [1.165, 1.54) is 17.0 Å². The maximum absolute atomic E-state index is 15.1. The van der Waals surface area contributed by atoms with Gasteiger partial charge in [0.25, 0.3) is 5.91 Å². The average Bonchev–Trinajstić information content (AvgIpc) is 2.84. The van der Waals surface area contributed by atoms with Crippen molar-refractivity contribution in [3.63, 3.8) is 0 Å². The molecule has 0 aromatic heterocycles. The normalized spacial score (nSPS) is 12.2. The molecule has 2 aromatic rings. The lowest BCUT2D eigenvalue weighted by molar-refractivity contribution is -0.158. The van der Waals surface area contributed by atoms with Crippen LogP contribution < -0.4 is 4.74 Å². The number of benzene rings is 2. The fourth-order valence-electron chi connectivity index (χ4n) is 3.63. The molecular formula is C28H37F2NO4. The number of esters is 1. The van der Waals surface area contributed by atoms with E-state index in [1.54, 1.807) is 45.0 Å². The maximum Gasteiger partial charge on any atom is 0.349 e. The predicted molar refractivity (Wildman–Crippen MR) is 132 cm³/mol. The third-order valence-electron chi connectivity index (χ3n) is 5.66. The predicted octanol–water partition coefficient (Wildman–Crippen LogP) is 6.56. The van der Waals surface area contributed by atoms with Crippen LogP contribution in [0.1, 0.15) is 77.1 Å². The summed E-state index contributed by atoms with van der Waals surface area (Å²) in [5.41, 5.74) is -0.203. The molecule has 0 saturated carbocycles. The topological polar surface area (TPSA) is 55.8 Å². The van der Waals surface area contributed by atoms with Crippen LogP contribution in [0.3, 0.4) is 0 Å². The second kappa shape index (κ2) is 13.8. The summed E-state index contributed by atoms with van der Waals surface area (Å²) < 4.78 is 39.1. The highest BCUT2D eigenvalue weighted by molar-refractivity contribution is 5.82. The highest BCUT2D eigenvalue weighted by Crippen LogP contribution is 2.24. The van der Waals surface area contributed by atoms with Gasteiger partial charge in [0, 0.05) is 13.1 Å². The first-order chi connectivity index (χ1) is 16.7. The Hall–Kier alpha value is -2.96. The van der Waals surface area contributed by atoms with E-state index in [-0.39, 0.29) is 18.7 Å². The molecule has 7 heteroatoms. The molecule has 0 N–H and O–H groups in total. The summed E-state index contributed by atoms with van der Waals surface area (Å²) in [6.07, 6.45) is 3.18. The molecule has 0 aliphatic rings. The lowest BCUT2D eigenvalue weighted by Gasteiger charge is -2.26. The van der Waals surface area contributed by atoms with Gasteiger partial charge in [0.2, 0.25) is 6.17 Å². The van der Waals surface area contributed by atoms with E-state index in [9.17, 15) is 14.0 Å². The van der Waals surface area contributed by atoms with Crippen LogP contribution in [0.2, 0.25) is 0 Å². The number of carbonyl (C=O) groups is 2. The van der Waals surface area contributed by atoms with Crippen LogP contribution in [-0.4, -0.2) is 35.5 Å². The van der Waals surface area contributed by atoms with Gasteiger partial charge in [0.15, 0.2) is 5.60 Å². The third kappa shape index (κ3) is 8.96. The van der Waals surface area contributed by atoms with Crippen LogP contribution in [0.4, 0.5) is 8.78 Å². The van der Waals surface area contributed by atoms with E-state index >= 15 is 4.39 Å². The Labute approximate surface area is 207 Å². The number of halogens is 2. The van der Waals surface area contributed by atoms with E-state index < -0.39 is 29.5 Å². The summed E-state index contributed by atoms with van der Waals surface area (Å²) in [5, 5.41) is 0. The van der Waals surface area contributed by atoms with Crippen molar-refractivity contribution >= 4 is 11.9 Å². The van der Waals surface area contributed by atoms with Crippen LogP contribution in [0, 0.1) is 5.82 Å². The van der Waals surface area contributed by atoms with Gasteiger partial charge in [-0.15, -0.1) is 0 Å². The Balaban J connectivity index is 2.10. The molecule has 0 fully saturated rings. The molecule has 0 saturated heterocycles. The van der Waals surface area contributed by atoms with Crippen molar-refractivity contribution in [1.29, 1.82) is 0 Å². The summed E-state index contributed by atoms with van der Waals surface area (Å²) in [5.74, 6) is -1.09. The lowest BCUT2D eigenvalue weighted by atomic mass is 10.1. The molecule has 0 aliphatic carbocycles. The molecule has 0 spiro atoms. The van der Waals surface area contributed by atoms with Gasteiger partial charge in [-0.3, -0.25) is 4.79 Å². The van der Waals surface area contributed by atoms with Gasteiger partial charge in [-0.25, -0.2) is 13.6 Å². The molecule has 35 heavy (non-hydrogen) atoms. The number of amides is 1. The van der Waals surface area contributed by atoms with Crippen LogP contribution in [0.25, 0.3) is 0 Å². The molecule has 192 valence electrons. The van der Waals surface area contributed by atoms with Gasteiger partial charge >= 0.3 is 5.97 Å². The monoisotopic (exact) mass is 489 g/mol. The molecule has 5 nitrogen and oxygen atoms in total. The molecule has 0 heterocycles. The minimum Gasteiger partial charge on any atom is -0.476 e. The van der Waals surface area contributed by atoms with Gasteiger partial charge in [0.05, 0.1) is 6.61 Å². The summed E-state index contributed by atoms with van der Waals surface area (Å²) in [7, 11) is 0. The van der Waals surface area contributed by atoms with E-state index in [4.69, 9.17) is 9.47 Å². The summed E-state index contributed by atoms with van der Waals surface area (Å²) >= 11 is 0. The first kappa shape index (κ1) is 28.3. The first-order valence-electron chi connectivity index (χ1n) is 12.3. The van der Waals surface area contributed by atoms with Gasteiger partial charge in [-0.2, -0.15) is 0 Å². The third-order valence-corrected chi connectivity index (χ3v) is 5.66. The molecular weight excluding hydrogens is 452 g/mol. The number of ether oxygens (including phenoxy) is 2. The van der Waals surface area contributed by atoms with E-state index in [2.05, 4.69) is 6.92 Å². The van der Waals surface area contributed by atoms with E-state index in [1.807, 2.05) is 0 Å². The molecule has 1 atom stereocenters. The zero-order valence-electron chi connectivity index (χ0n) is 21.2. The Morgan fingerprint density at radius 1 is 0.943 bits per heavy atom. The number of hydrogen-bond acceptors (Lipinski definition) is 4. The lowest BCUT2D eigenvalue weighted by Crippen LogP contribution is -2.39. The SMILES string of the molecule is CCCCCCCN(Cc1ccc(OC(C)(C)C(=O)OCC)cc1)C(=O)C(F)c1ccc(F)cc1. The standard InChI is InChI=1S/C28H37F2NO4/c1-5-7-8-9-10-19-31(26(32)25(30)22-13-15-23(29)16-14-22)20-21-11-17-24(18-12-21)35-28(3,4)27(33)34-6-2/h11-18,25H,5-10,19-20H2,1-4H3. The molecule has 1 amide bonds. The Morgan fingerprint density at radius 3 is 2.17 bits per heavy atom. The summed E-state index contributed by atoms with van der Waals surface area (Å²) in [6, 6.07) is 11.9. The van der Waals surface area contributed by atoms with E-state index in [0.29, 0.717) is 12.3 Å². The van der Waals surface area contributed by atoms with Crippen molar-refractivity contribution in [3.8, 4) is 5.75 Å². The zero-order valence-corrected chi connectivity index (χ0v) is 21.2. The number of carbonyl (C=O) groups excluding carboxylic acids is 2. The van der Waals surface area contributed by atoms with Gasteiger partial charge < -0.3 is 14.4 Å². The number of unbranched alkanes of at least 4 members (excludes halogenated alkanes) is 4. The number of nitrogens with zero attached hydrogens (tertiary/aromatic N) is 1. The van der Waals surface area contributed by atoms with Gasteiger partial charge in [0.1, 0.15) is 11.6 Å². The Kier molecular flexibility index (Phi) is 11.2. The van der Waals surface area contributed by atoms with Crippen molar-refractivity contribution in [2.45, 2.75) is 78.1 Å². The number of alkyl halides is 1. The maximum atomic E-state index is 15.1. The largest absolute Gasteiger partial charge is 0.476 e. The Morgan fingerprint density at radius 2 is 1.57 bits per heavy atom. The van der Waals surface area contributed by atoms with Crippen molar-refractivity contribution in [1.82, 2.24) is 4.90 Å². The minimum absolute atomic E-state index is 0.136. The summed E-state index contributed by atoms with van der Waals surface area (Å²) in [6.45, 7) is 8.06. The quantitative estimate of drug-likeness (QED) is 0.223. The highest BCUT2D eigenvalue weighted by Gasteiger charge is 2.31. The number of rotatable bonds is 14. The van der Waals surface area contributed by atoms with Crippen molar-refractivity contribution in [3.05, 3.63) is 65.5 Å². The molecule has 1 unspecified atom stereocenters. The van der Waals surface area contributed by atoms with Crippen LogP contribution >= 0.6 is 0 Å². The second-order valence-corrected chi connectivity index (χ2v) is 9.06. The average molecular weight is 490 g/mol. The number of hydrogen-bond donors (Lipinski definition) is 0. The summed E-state index contributed by atoms with van der Waals surface area (Å²) in [4.78, 5) is 26.6. The second-order valence-electron chi connectivity index (χ2n) is 9.06. The molecule has 0 radical (unpaired) electrons. The fourth-order valence-corrected chi connectivity index (χ4v) is 3.63. The molecule has 0 bridgehead atoms. The molecule has 2 rings (SSSR count). The van der Waals surface area contributed by atoms with Crippen molar-refractivity contribution in [2.75, 3.05) is 13.2 Å². The first-order valence-corrected chi connectivity index (χ1v) is 12.3. The van der Waals surface area contributed by atoms with Crippen molar-refractivity contribution in [2.24, 2.45) is 0 Å². The zero-order chi connectivity index (χ0) is 25.8. The Bertz CT molecular complexity index is 929. The van der Waals surface area contributed by atoms with E-state index in [0.717, 1.165) is 49.8 Å². The smallest absolute Gasteiger partial charge is 0.349 e. The van der Waals surface area contributed by atoms with Crippen LogP contribution in [-0.2, 0) is 20.9 Å². The fraction of sp³-hybridized carbons (Fsp3) is 0.500. The van der Waals surface area contributed by atoms with Gasteiger partial charge in [-0.05, 0) is 62.6 Å². The molecule has 0 aliphatic heterocycles. The highest BCUT2D eigenvalue weighted by atomic mass is 19.1. The van der Waals surface area contributed by atoms with Crippen LogP contribution in [0.15, 0.2) is 48.5 Å².